The summed E-state index contributed by atoms with van der Waals surface area (Å²) in [5, 5.41) is 3.38. The van der Waals surface area contributed by atoms with Crippen LogP contribution in [0.5, 0.6) is 5.75 Å². The van der Waals surface area contributed by atoms with Crippen LogP contribution >= 0.6 is 0 Å². The second kappa shape index (κ2) is 6.22. The van der Waals surface area contributed by atoms with E-state index in [-0.39, 0.29) is 11.9 Å². The second-order valence-electron chi connectivity index (χ2n) is 5.28. The third-order valence-electron chi connectivity index (χ3n) is 3.49. The molecule has 1 atom stereocenters. The highest BCUT2D eigenvalue weighted by molar-refractivity contribution is 5.33. The Balaban J connectivity index is 1.80. The van der Waals surface area contributed by atoms with Crippen molar-refractivity contribution in [3.8, 4) is 5.75 Å². The van der Waals surface area contributed by atoms with Gasteiger partial charge in [0, 0.05) is 0 Å². The van der Waals surface area contributed by atoms with Crippen LogP contribution in [0, 0.1) is 5.82 Å². The van der Waals surface area contributed by atoms with Gasteiger partial charge in [-0.1, -0.05) is 19.1 Å². The van der Waals surface area contributed by atoms with Crippen LogP contribution in [0.15, 0.2) is 42.6 Å². The molecule has 1 fully saturated rings. The maximum absolute atomic E-state index is 13.0. The van der Waals surface area contributed by atoms with Gasteiger partial charge in [-0.2, -0.15) is 0 Å². The van der Waals surface area contributed by atoms with E-state index in [0.29, 0.717) is 6.10 Å². The van der Waals surface area contributed by atoms with Gasteiger partial charge in [0.05, 0.1) is 24.0 Å². The number of pyridine rings is 1. The molecule has 0 amide bonds. The average Bonchev–Trinajstić information content (AvgIpc) is 3.31. The van der Waals surface area contributed by atoms with E-state index < -0.39 is 0 Å². The lowest BCUT2D eigenvalue weighted by Gasteiger charge is -2.18. The maximum atomic E-state index is 13.0. The zero-order chi connectivity index (χ0) is 14.7. The van der Waals surface area contributed by atoms with E-state index in [0.717, 1.165) is 36.4 Å². The molecule has 3 rings (SSSR count). The molecule has 0 aliphatic heterocycles. The predicted molar refractivity (Wildman–Crippen MR) is 79.8 cm³/mol. The highest BCUT2D eigenvalue weighted by Gasteiger charge is 2.23. The van der Waals surface area contributed by atoms with Gasteiger partial charge in [-0.05, 0) is 49.2 Å². The van der Waals surface area contributed by atoms with E-state index in [1.807, 2.05) is 31.2 Å². The summed E-state index contributed by atoms with van der Waals surface area (Å²) in [5.74, 6) is 0.589. The quantitative estimate of drug-likeness (QED) is 0.883. The molecule has 0 saturated heterocycles. The lowest BCUT2D eigenvalue weighted by Crippen LogP contribution is -2.22. The summed E-state index contributed by atoms with van der Waals surface area (Å²) in [7, 11) is 0. The molecule has 1 saturated carbocycles. The highest BCUT2D eigenvalue weighted by Crippen LogP contribution is 2.28. The van der Waals surface area contributed by atoms with Crippen molar-refractivity contribution in [2.45, 2.75) is 31.9 Å². The number of hydrogen-bond acceptors (Lipinski definition) is 3. The Labute approximate surface area is 124 Å². The SMILES string of the molecule is CCNC(c1ccc(OC2CC2)cc1)c1ccc(F)cn1. The summed E-state index contributed by atoms with van der Waals surface area (Å²) < 4.78 is 18.8. The van der Waals surface area contributed by atoms with Crippen LogP contribution in [0.1, 0.15) is 37.1 Å². The first-order valence-electron chi connectivity index (χ1n) is 7.37. The van der Waals surface area contributed by atoms with Gasteiger partial charge in [0.2, 0.25) is 0 Å². The Morgan fingerprint density at radius 2 is 2.00 bits per heavy atom. The number of rotatable bonds is 6. The van der Waals surface area contributed by atoms with Gasteiger partial charge in [-0.15, -0.1) is 0 Å². The molecule has 110 valence electrons. The van der Waals surface area contributed by atoms with Crippen molar-refractivity contribution >= 4 is 0 Å². The van der Waals surface area contributed by atoms with Gasteiger partial charge >= 0.3 is 0 Å². The first-order chi connectivity index (χ1) is 10.3. The lowest BCUT2D eigenvalue weighted by atomic mass is 10.0. The maximum Gasteiger partial charge on any atom is 0.141 e. The molecular formula is C17H19FN2O. The van der Waals surface area contributed by atoms with Crippen molar-refractivity contribution in [2.75, 3.05) is 6.54 Å². The van der Waals surface area contributed by atoms with Crippen molar-refractivity contribution in [3.63, 3.8) is 0 Å². The molecule has 1 heterocycles. The minimum atomic E-state index is -0.317. The molecule has 0 bridgehead atoms. The van der Waals surface area contributed by atoms with Gasteiger partial charge in [0.1, 0.15) is 11.6 Å². The number of hydrogen-bond donors (Lipinski definition) is 1. The van der Waals surface area contributed by atoms with Crippen molar-refractivity contribution in [3.05, 3.63) is 59.7 Å². The smallest absolute Gasteiger partial charge is 0.141 e. The summed E-state index contributed by atoms with van der Waals surface area (Å²) in [4.78, 5) is 4.19. The van der Waals surface area contributed by atoms with Crippen LogP contribution in [0.3, 0.4) is 0 Å². The number of nitrogens with zero attached hydrogens (tertiary/aromatic N) is 1. The standard InChI is InChI=1S/C17H19FN2O/c1-2-19-17(16-10-5-13(18)11-20-16)12-3-6-14(7-4-12)21-15-8-9-15/h3-7,10-11,15,17,19H,2,8-9H2,1H3. The van der Waals surface area contributed by atoms with E-state index in [2.05, 4.69) is 10.3 Å². The van der Waals surface area contributed by atoms with Crippen LogP contribution in [0.2, 0.25) is 0 Å². The normalized spacial score (nSPS) is 15.7. The molecule has 21 heavy (non-hydrogen) atoms. The van der Waals surface area contributed by atoms with Crippen LogP contribution in [-0.2, 0) is 0 Å². The molecule has 0 spiro atoms. The van der Waals surface area contributed by atoms with Crippen molar-refractivity contribution in [1.82, 2.24) is 10.3 Å². The summed E-state index contributed by atoms with van der Waals surface area (Å²) in [6, 6.07) is 11.2. The van der Waals surface area contributed by atoms with Crippen LogP contribution < -0.4 is 10.1 Å². The summed E-state index contributed by atoms with van der Waals surface area (Å²) in [5.41, 5.74) is 1.91. The number of benzene rings is 1. The molecular weight excluding hydrogens is 267 g/mol. The Bertz CT molecular complexity index is 579. The van der Waals surface area contributed by atoms with Crippen LogP contribution in [-0.4, -0.2) is 17.6 Å². The van der Waals surface area contributed by atoms with E-state index >= 15 is 0 Å². The minimum absolute atomic E-state index is 0.0365. The molecule has 1 aliphatic rings. The lowest BCUT2D eigenvalue weighted by molar-refractivity contribution is 0.303. The first kappa shape index (κ1) is 14.0. The second-order valence-corrected chi connectivity index (χ2v) is 5.28. The van der Waals surface area contributed by atoms with E-state index in [4.69, 9.17) is 4.74 Å². The molecule has 1 N–H and O–H groups in total. The van der Waals surface area contributed by atoms with Gasteiger partial charge in [-0.3, -0.25) is 4.98 Å². The van der Waals surface area contributed by atoms with E-state index in [1.54, 1.807) is 6.07 Å². The fourth-order valence-electron chi connectivity index (χ4n) is 2.27. The number of aromatic nitrogens is 1. The summed E-state index contributed by atoms with van der Waals surface area (Å²) >= 11 is 0. The van der Waals surface area contributed by atoms with Gasteiger partial charge in [0.25, 0.3) is 0 Å². The minimum Gasteiger partial charge on any atom is -0.490 e. The first-order valence-corrected chi connectivity index (χ1v) is 7.37. The van der Waals surface area contributed by atoms with Gasteiger partial charge < -0.3 is 10.1 Å². The summed E-state index contributed by atoms with van der Waals surface area (Å²) in [6.07, 6.45) is 3.96. The van der Waals surface area contributed by atoms with Crippen molar-refractivity contribution in [1.29, 1.82) is 0 Å². The third-order valence-corrected chi connectivity index (χ3v) is 3.49. The van der Waals surface area contributed by atoms with E-state index in [1.165, 1.54) is 12.3 Å². The zero-order valence-electron chi connectivity index (χ0n) is 12.1. The van der Waals surface area contributed by atoms with Gasteiger partial charge in [-0.25, -0.2) is 4.39 Å². The number of ether oxygens (including phenoxy) is 1. The number of nitrogens with one attached hydrogen (secondary N) is 1. The molecule has 4 heteroatoms. The third kappa shape index (κ3) is 3.58. The van der Waals surface area contributed by atoms with Crippen LogP contribution in [0.25, 0.3) is 0 Å². The molecule has 1 aromatic carbocycles. The predicted octanol–water partition coefficient (Wildman–Crippen LogP) is 3.46. The zero-order valence-corrected chi connectivity index (χ0v) is 12.1. The topological polar surface area (TPSA) is 34.1 Å². The fourth-order valence-corrected chi connectivity index (χ4v) is 2.27. The largest absolute Gasteiger partial charge is 0.490 e. The molecule has 1 aromatic heterocycles. The highest BCUT2D eigenvalue weighted by atomic mass is 19.1. The molecule has 1 aliphatic carbocycles. The van der Waals surface area contributed by atoms with E-state index in [9.17, 15) is 4.39 Å². The Hall–Kier alpha value is -1.94. The fraction of sp³-hybridized carbons (Fsp3) is 0.353. The number of halogens is 1. The average molecular weight is 286 g/mol. The molecule has 2 aromatic rings. The Kier molecular flexibility index (Phi) is 4.15. The molecule has 1 unspecified atom stereocenters. The van der Waals surface area contributed by atoms with Crippen molar-refractivity contribution < 1.29 is 9.13 Å². The summed E-state index contributed by atoms with van der Waals surface area (Å²) in [6.45, 7) is 2.85. The van der Waals surface area contributed by atoms with Crippen LogP contribution in [0.4, 0.5) is 4.39 Å². The van der Waals surface area contributed by atoms with Gasteiger partial charge in [0.15, 0.2) is 0 Å². The molecule has 0 radical (unpaired) electrons. The Morgan fingerprint density at radius 3 is 2.57 bits per heavy atom. The monoisotopic (exact) mass is 286 g/mol. The van der Waals surface area contributed by atoms with Crippen molar-refractivity contribution in [2.24, 2.45) is 0 Å². The Morgan fingerprint density at radius 1 is 1.24 bits per heavy atom. The molecule has 3 nitrogen and oxygen atoms in total.